The predicted octanol–water partition coefficient (Wildman–Crippen LogP) is 1.41. The van der Waals surface area contributed by atoms with Crippen LogP contribution in [0, 0.1) is 0 Å². The second kappa shape index (κ2) is 5.57. The molecule has 5 heteroatoms. The molecule has 0 aromatic carbocycles. The van der Waals surface area contributed by atoms with E-state index in [2.05, 4.69) is 15.0 Å². The third-order valence-corrected chi connectivity index (χ3v) is 1.83. The summed E-state index contributed by atoms with van der Waals surface area (Å²) in [7, 11) is 1.46. The number of pyridine rings is 1. The Hall–Kier alpha value is -1.13. The lowest BCUT2D eigenvalue weighted by atomic mass is 10.3. The van der Waals surface area contributed by atoms with Crippen molar-refractivity contribution in [2.75, 3.05) is 19.0 Å². The van der Waals surface area contributed by atoms with Gasteiger partial charge < -0.3 is 10.1 Å². The quantitative estimate of drug-likeness (QED) is 0.771. The van der Waals surface area contributed by atoms with Crippen molar-refractivity contribution in [1.29, 1.82) is 0 Å². The van der Waals surface area contributed by atoms with E-state index in [0.29, 0.717) is 11.7 Å². The summed E-state index contributed by atoms with van der Waals surface area (Å²) in [4.78, 5) is 15.1. The van der Waals surface area contributed by atoms with Crippen molar-refractivity contribution < 1.29 is 9.53 Å². The van der Waals surface area contributed by atoms with Crippen LogP contribution in [0.4, 0.5) is 5.82 Å². The number of hydrogen-bond donors (Lipinski definition) is 1. The maximum absolute atomic E-state index is 11.1. The van der Waals surface area contributed by atoms with Crippen molar-refractivity contribution in [3.05, 3.63) is 23.9 Å². The molecule has 0 aliphatic heterocycles. The molecule has 0 bridgehead atoms. The van der Waals surface area contributed by atoms with E-state index in [4.69, 9.17) is 11.6 Å². The van der Waals surface area contributed by atoms with Gasteiger partial charge in [-0.3, -0.25) is 4.79 Å². The lowest BCUT2D eigenvalue weighted by molar-refractivity contribution is -0.119. The van der Waals surface area contributed by atoms with Crippen LogP contribution in [0.5, 0.6) is 0 Å². The van der Waals surface area contributed by atoms with E-state index in [1.807, 2.05) is 0 Å². The Morgan fingerprint density at radius 1 is 1.71 bits per heavy atom. The number of alkyl halides is 1. The van der Waals surface area contributed by atoms with E-state index in [1.165, 1.54) is 7.11 Å². The van der Waals surface area contributed by atoms with Gasteiger partial charge in [0, 0.05) is 19.2 Å². The predicted molar refractivity (Wildman–Crippen MR) is 54.3 cm³/mol. The molecule has 0 saturated carbocycles. The Kier molecular flexibility index (Phi) is 4.35. The highest BCUT2D eigenvalue weighted by Crippen LogP contribution is 2.08. The zero-order chi connectivity index (χ0) is 10.4. The van der Waals surface area contributed by atoms with Gasteiger partial charge in [0.15, 0.2) is 0 Å². The van der Waals surface area contributed by atoms with Gasteiger partial charge >= 0.3 is 0 Å². The average molecular weight is 215 g/mol. The fourth-order valence-corrected chi connectivity index (χ4v) is 1.10. The molecule has 1 aromatic rings. The van der Waals surface area contributed by atoms with E-state index in [1.54, 1.807) is 18.3 Å². The molecule has 0 radical (unpaired) electrons. The second-order valence-electron chi connectivity index (χ2n) is 2.66. The molecule has 76 valence electrons. The number of rotatable bonds is 4. The summed E-state index contributed by atoms with van der Waals surface area (Å²) in [5.74, 6) is 0.660. The summed E-state index contributed by atoms with van der Waals surface area (Å²) in [6.45, 7) is 0.0206. The molecule has 1 amide bonds. The number of nitrogens with one attached hydrogen (secondary N) is 1. The van der Waals surface area contributed by atoms with Crippen LogP contribution in [-0.2, 0) is 15.4 Å². The van der Waals surface area contributed by atoms with E-state index in [0.717, 1.165) is 5.56 Å². The number of ether oxygens (including phenoxy) is 1. The molecule has 0 aliphatic rings. The second-order valence-corrected chi connectivity index (χ2v) is 2.93. The van der Waals surface area contributed by atoms with Crippen molar-refractivity contribution in [3.8, 4) is 0 Å². The molecule has 0 saturated heterocycles. The molecular weight excluding hydrogens is 204 g/mol. The summed E-state index contributed by atoms with van der Waals surface area (Å²) in [6.07, 6.45) is 1.60. The van der Waals surface area contributed by atoms with Gasteiger partial charge in [0.1, 0.15) is 12.4 Å². The largest absolute Gasteiger partial charge is 0.375 e. The maximum atomic E-state index is 11.1. The van der Waals surface area contributed by atoms with E-state index < -0.39 is 0 Å². The number of amides is 1. The number of carbonyl (C=O) groups excluding carboxylic acids is 1. The number of hydrogen-bond acceptors (Lipinski definition) is 3. The Bertz CT molecular complexity index is 317. The molecule has 0 aliphatic carbocycles. The third kappa shape index (κ3) is 3.32. The van der Waals surface area contributed by atoms with Gasteiger partial charge in [0.05, 0.1) is 0 Å². The molecule has 0 unspecified atom stereocenters. The molecule has 1 aromatic heterocycles. The minimum atomic E-state index is -0.230. The molecule has 1 rings (SSSR count). The van der Waals surface area contributed by atoms with Gasteiger partial charge in [-0.25, -0.2) is 4.98 Å². The fraction of sp³-hybridized carbons (Fsp3) is 0.333. The Morgan fingerprint density at radius 2 is 2.50 bits per heavy atom. The first-order valence-corrected chi connectivity index (χ1v) is 4.59. The molecule has 0 spiro atoms. The third-order valence-electron chi connectivity index (χ3n) is 1.52. The summed E-state index contributed by atoms with van der Waals surface area (Å²) < 4.78 is 4.67. The number of nitrogens with zero attached hydrogens (tertiary/aromatic N) is 1. The molecule has 14 heavy (non-hydrogen) atoms. The summed E-state index contributed by atoms with van der Waals surface area (Å²) in [5, 5.41) is 2.58. The molecular formula is C9H11ClN2O2. The highest BCUT2D eigenvalue weighted by atomic mass is 35.5. The van der Waals surface area contributed by atoms with Crippen LogP contribution in [0.15, 0.2) is 18.3 Å². The summed E-state index contributed by atoms with van der Waals surface area (Å²) in [5.41, 5.74) is 0.911. The standard InChI is InChI=1S/C9H11ClN2O2/c1-14-6-9(13)12-8-4-7(5-10)2-3-11-8/h2-4H,5-6H2,1H3,(H,11,12,13). The Balaban J connectivity index is 2.62. The van der Waals surface area contributed by atoms with Crippen LogP contribution in [0.25, 0.3) is 0 Å². The molecule has 1 heterocycles. The van der Waals surface area contributed by atoms with Gasteiger partial charge in [-0.05, 0) is 17.7 Å². The zero-order valence-corrected chi connectivity index (χ0v) is 8.54. The van der Waals surface area contributed by atoms with Crippen LogP contribution >= 0.6 is 11.6 Å². The lowest BCUT2D eigenvalue weighted by Crippen LogP contribution is -2.17. The average Bonchev–Trinajstić information content (AvgIpc) is 2.18. The maximum Gasteiger partial charge on any atom is 0.251 e. The van der Waals surface area contributed by atoms with Crippen LogP contribution in [0.3, 0.4) is 0 Å². The molecule has 4 nitrogen and oxygen atoms in total. The first kappa shape index (κ1) is 10.9. The Morgan fingerprint density at radius 3 is 3.14 bits per heavy atom. The van der Waals surface area contributed by atoms with Crippen LogP contribution in [0.2, 0.25) is 0 Å². The molecule has 1 N–H and O–H groups in total. The van der Waals surface area contributed by atoms with Gasteiger partial charge in [0.2, 0.25) is 0 Å². The normalized spacial score (nSPS) is 9.86. The molecule has 0 fully saturated rings. The topological polar surface area (TPSA) is 51.2 Å². The minimum Gasteiger partial charge on any atom is -0.375 e. The first-order chi connectivity index (χ1) is 6.76. The Labute approximate surface area is 87.2 Å². The summed E-state index contributed by atoms with van der Waals surface area (Å²) in [6, 6.07) is 3.51. The van der Waals surface area contributed by atoms with Crippen LogP contribution in [0.1, 0.15) is 5.56 Å². The van der Waals surface area contributed by atoms with Crippen LogP contribution in [-0.4, -0.2) is 24.6 Å². The van der Waals surface area contributed by atoms with Crippen LogP contribution < -0.4 is 5.32 Å². The highest BCUT2D eigenvalue weighted by Gasteiger charge is 2.02. The van der Waals surface area contributed by atoms with E-state index in [9.17, 15) is 4.79 Å². The van der Waals surface area contributed by atoms with Crippen molar-refractivity contribution in [2.24, 2.45) is 0 Å². The molecule has 0 atom stereocenters. The highest BCUT2D eigenvalue weighted by molar-refractivity contribution is 6.17. The number of carbonyl (C=O) groups is 1. The summed E-state index contributed by atoms with van der Waals surface area (Å²) >= 11 is 5.63. The van der Waals surface area contributed by atoms with E-state index >= 15 is 0 Å². The van der Waals surface area contributed by atoms with Crippen molar-refractivity contribution in [2.45, 2.75) is 5.88 Å². The number of halogens is 1. The smallest absolute Gasteiger partial charge is 0.251 e. The minimum absolute atomic E-state index is 0.0206. The zero-order valence-electron chi connectivity index (χ0n) is 7.79. The van der Waals surface area contributed by atoms with Crippen molar-refractivity contribution >= 4 is 23.3 Å². The van der Waals surface area contributed by atoms with Gasteiger partial charge in [-0.1, -0.05) is 0 Å². The monoisotopic (exact) mass is 214 g/mol. The number of anilines is 1. The van der Waals surface area contributed by atoms with Crippen molar-refractivity contribution in [3.63, 3.8) is 0 Å². The fourth-order valence-electron chi connectivity index (χ4n) is 0.936. The van der Waals surface area contributed by atoms with Gasteiger partial charge in [-0.2, -0.15) is 0 Å². The lowest BCUT2D eigenvalue weighted by Gasteiger charge is -2.04. The van der Waals surface area contributed by atoms with Crippen molar-refractivity contribution in [1.82, 2.24) is 4.98 Å². The van der Waals surface area contributed by atoms with Gasteiger partial charge in [-0.15, -0.1) is 11.6 Å². The van der Waals surface area contributed by atoms with Gasteiger partial charge in [0.25, 0.3) is 5.91 Å². The van der Waals surface area contributed by atoms with E-state index in [-0.39, 0.29) is 12.5 Å². The first-order valence-electron chi connectivity index (χ1n) is 4.06. The number of methoxy groups -OCH3 is 1. The SMILES string of the molecule is COCC(=O)Nc1cc(CCl)ccn1. The number of aromatic nitrogens is 1.